The average Bonchev–Trinajstić information content (AvgIpc) is 2.53. The van der Waals surface area contributed by atoms with Gasteiger partial charge in [0.05, 0.1) is 11.3 Å². The van der Waals surface area contributed by atoms with Crippen LogP contribution in [0.25, 0.3) is 10.9 Å². The van der Waals surface area contributed by atoms with Gasteiger partial charge in [-0.3, -0.25) is 4.79 Å². The number of hydrogen-bond acceptors (Lipinski definition) is 3. The predicted octanol–water partition coefficient (Wildman–Crippen LogP) is 3.07. The van der Waals surface area contributed by atoms with Crippen molar-refractivity contribution in [3.8, 4) is 0 Å². The highest BCUT2D eigenvalue weighted by molar-refractivity contribution is 7.88. The molecule has 0 aliphatic carbocycles. The number of rotatable bonds is 5. The molecule has 26 heavy (non-hydrogen) atoms. The van der Waals surface area contributed by atoms with Gasteiger partial charge in [-0.15, -0.1) is 0 Å². The van der Waals surface area contributed by atoms with Gasteiger partial charge in [0.2, 0.25) is 10.0 Å². The van der Waals surface area contributed by atoms with Crippen molar-refractivity contribution in [1.82, 2.24) is 9.71 Å². The number of hydrogen-bond donors (Lipinski definition) is 2. The maximum Gasteiger partial charge on any atom is 0.252 e. The third-order valence-electron chi connectivity index (χ3n) is 4.29. The van der Waals surface area contributed by atoms with E-state index in [2.05, 4.69) is 9.71 Å². The summed E-state index contributed by atoms with van der Waals surface area (Å²) in [4.78, 5) is 15.2. The molecule has 0 saturated carbocycles. The third kappa shape index (κ3) is 4.20. The number of aryl methyl sites for hydroxylation is 3. The first-order valence-electron chi connectivity index (χ1n) is 8.39. The van der Waals surface area contributed by atoms with Gasteiger partial charge < -0.3 is 4.98 Å². The fraction of sp³-hybridized carbons (Fsp3) is 0.250. The highest BCUT2D eigenvalue weighted by Gasteiger charge is 2.13. The number of fused-ring (bicyclic) bond motifs is 1. The lowest BCUT2D eigenvalue weighted by molar-refractivity contribution is 0.580. The Morgan fingerprint density at radius 3 is 2.50 bits per heavy atom. The summed E-state index contributed by atoms with van der Waals surface area (Å²) >= 11 is 0. The second-order valence-corrected chi connectivity index (χ2v) is 8.55. The highest BCUT2D eigenvalue weighted by Crippen LogP contribution is 2.18. The Morgan fingerprint density at radius 1 is 1.00 bits per heavy atom. The summed E-state index contributed by atoms with van der Waals surface area (Å²) in [7, 11) is -3.54. The number of H-pyrrole nitrogens is 1. The number of nitrogens with one attached hydrogen (secondary N) is 2. The molecule has 136 valence electrons. The molecule has 0 aliphatic heterocycles. The molecule has 0 unspecified atom stereocenters. The quantitative estimate of drug-likeness (QED) is 0.724. The number of benzene rings is 2. The molecule has 0 bridgehead atoms. The van der Waals surface area contributed by atoms with E-state index in [0.29, 0.717) is 5.56 Å². The van der Waals surface area contributed by atoms with Crippen LogP contribution in [0, 0.1) is 20.8 Å². The van der Waals surface area contributed by atoms with E-state index in [4.69, 9.17) is 0 Å². The van der Waals surface area contributed by atoms with Crippen molar-refractivity contribution in [3.05, 3.63) is 80.6 Å². The molecular formula is C20H22N2O3S. The molecular weight excluding hydrogens is 348 g/mol. The molecule has 0 radical (unpaired) electrons. The van der Waals surface area contributed by atoms with Crippen LogP contribution >= 0.6 is 0 Å². The first kappa shape index (κ1) is 18.4. The molecule has 2 N–H and O–H groups in total. The second-order valence-electron chi connectivity index (χ2n) is 6.74. The van der Waals surface area contributed by atoms with Crippen LogP contribution in [0.4, 0.5) is 0 Å². The van der Waals surface area contributed by atoms with E-state index in [1.807, 2.05) is 51.1 Å². The lowest BCUT2D eigenvalue weighted by Crippen LogP contribution is -2.28. The van der Waals surface area contributed by atoms with Crippen molar-refractivity contribution >= 4 is 20.9 Å². The maximum absolute atomic E-state index is 12.3. The highest BCUT2D eigenvalue weighted by atomic mass is 32.2. The Labute approximate surface area is 153 Å². The number of aromatic nitrogens is 1. The van der Waals surface area contributed by atoms with Gasteiger partial charge in [0.1, 0.15) is 0 Å². The normalized spacial score (nSPS) is 11.8. The van der Waals surface area contributed by atoms with Crippen LogP contribution in [-0.4, -0.2) is 13.4 Å². The molecule has 5 nitrogen and oxygen atoms in total. The van der Waals surface area contributed by atoms with Crippen LogP contribution in [0.15, 0.2) is 47.3 Å². The topological polar surface area (TPSA) is 79.0 Å². The van der Waals surface area contributed by atoms with Gasteiger partial charge in [-0.05, 0) is 49.4 Å². The van der Waals surface area contributed by atoms with Crippen LogP contribution in [0.1, 0.15) is 27.8 Å². The van der Waals surface area contributed by atoms with E-state index < -0.39 is 10.0 Å². The van der Waals surface area contributed by atoms with Crippen LogP contribution < -0.4 is 10.3 Å². The summed E-state index contributed by atoms with van der Waals surface area (Å²) in [6, 6.07) is 13.1. The molecule has 0 spiro atoms. The largest absolute Gasteiger partial charge is 0.321 e. The average molecular weight is 370 g/mol. The Balaban J connectivity index is 1.82. The SMILES string of the molecule is Cc1cccc(CS(=O)(=O)NCc2cc3cc(C)cc(C)c3[nH]c2=O)c1. The molecule has 0 saturated heterocycles. The van der Waals surface area contributed by atoms with E-state index in [9.17, 15) is 13.2 Å². The van der Waals surface area contributed by atoms with Crippen molar-refractivity contribution < 1.29 is 8.42 Å². The summed E-state index contributed by atoms with van der Waals surface area (Å²) in [6.07, 6.45) is 0. The van der Waals surface area contributed by atoms with E-state index in [1.165, 1.54) is 0 Å². The first-order chi connectivity index (χ1) is 12.2. The van der Waals surface area contributed by atoms with Crippen LogP contribution in [0.2, 0.25) is 0 Å². The van der Waals surface area contributed by atoms with Gasteiger partial charge in [-0.25, -0.2) is 13.1 Å². The number of aromatic amines is 1. The molecule has 2 aromatic carbocycles. The predicted molar refractivity (Wildman–Crippen MR) is 105 cm³/mol. The molecule has 0 atom stereocenters. The summed E-state index contributed by atoms with van der Waals surface area (Å²) in [6.45, 7) is 5.81. The molecule has 0 amide bonds. The van der Waals surface area contributed by atoms with Crippen LogP contribution in [-0.2, 0) is 22.3 Å². The van der Waals surface area contributed by atoms with Crippen molar-refractivity contribution in [2.45, 2.75) is 33.1 Å². The van der Waals surface area contributed by atoms with Gasteiger partial charge in [-0.2, -0.15) is 0 Å². The molecule has 3 aromatic rings. The zero-order chi connectivity index (χ0) is 18.9. The molecule has 6 heteroatoms. The number of sulfonamides is 1. The second kappa shape index (κ2) is 7.05. The van der Waals surface area contributed by atoms with Crippen molar-refractivity contribution in [3.63, 3.8) is 0 Å². The minimum atomic E-state index is -3.54. The standard InChI is InChI=1S/C20H22N2O3S/c1-13-5-4-6-16(8-13)12-26(24,25)21-11-18-10-17-9-14(2)7-15(3)19(17)22-20(18)23/h4-10,21H,11-12H2,1-3H3,(H,22,23). The summed E-state index contributed by atoms with van der Waals surface area (Å²) < 4.78 is 27.2. The van der Waals surface area contributed by atoms with E-state index in [-0.39, 0.29) is 17.9 Å². The van der Waals surface area contributed by atoms with E-state index in [1.54, 1.807) is 12.1 Å². The summed E-state index contributed by atoms with van der Waals surface area (Å²) in [5, 5.41) is 0.898. The Bertz CT molecular complexity index is 1130. The first-order valence-corrected chi connectivity index (χ1v) is 10.0. The van der Waals surface area contributed by atoms with Crippen LogP contribution in [0.3, 0.4) is 0 Å². The van der Waals surface area contributed by atoms with Gasteiger partial charge in [0.15, 0.2) is 0 Å². The Hall–Kier alpha value is -2.44. The van der Waals surface area contributed by atoms with Crippen molar-refractivity contribution in [2.75, 3.05) is 0 Å². The molecule has 0 fully saturated rings. The maximum atomic E-state index is 12.3. The minimum absolute atomic E-state index is 0.0353. The molecule has 3 rings (SSSR count). The van der Waals surface area contributed by atoms with Gasteiger partial charge in [0, 0.05) is 12.1 Å². The summed E-state index contributed by atoms with van der Waals surface area (Å²) in [5.41, 5.74) is 4.72. The van der Waals surface area contributed by atoms with Gasteiger partial charge >= 0.3 is 0 Å². The lowest BCUT2D eigenvalue weighted by atomic mass is 10.1. The van der Waals surface area contributed by atoms with Gasteiger partial charge in [-0.1, -0.05) is 41.5 Å². The zero-order valence-corrected chi connectivity index (χ0v) is 15.9. The zero-order valence-electron chi connectivity index (χ0n) is 15.1. The summed E-state index contributed by atoms with van der Waals surface area (Å²) in [5.74, 6) is -0.113. The Morgan fingerprint density at radius 2 is 1.77 bits per heavy atom. The van der Waals surface area contributed by atoms with E-state index in [0.717, 1.165) is 33.2 Å². The molecule has 0 aliphatic rings. The lowest BCUT2D eigenvalue weighted by Gasteiger charge is -2.09. The van der Waals surface area contributed by atoms with Crippen LogP contribution in [0.5, 0.6) is 0 Å². The Kier molecular flexibility index (Phi) is 4.98. The fourth-order valence-electron chi connectivity index (χ4n) is 3.12. The minimum Gasteiger partial charge on any atom is -0.321 e. The molecule has 1 aromatic heterocycles. The fourth-order valence-corrected chi connectivity index (χ4v) is 4.22. The van der Waals surface area contributed by atoms with Gasteiger partial charge in [0.25, 0.3) is 5.56 Å². The molecule has 1 heterocycles. The van der Waals surface area contributed by atoms with Crippen molar-refractivity contribution in [1.29, 1.82) is 0 Å². The van der Waals surface area contributed by atoms with Crippen molar-refractivity contribution in [2.24, 2.45) is 0 Å². The monoisotopic (exact) mass is 370 g/mol. The number of pyridine rings is 1. The van der Waals surface area contributed by atoms with E-state index >= 15 is 0 Å². The third-order valence-corrected chi connectivity index (χ3v) is 5.59. The smallest absolute Gasteiger partial charge is 0.252 e.